The summed E-state index contributed by atoms with van der Waals surface area (Å²) in [6.45, 7) is 11.1. The molecule has 0 rings (SSSR count). The molecule has 6 heteroatoms. The van der Waals surface area contributed by atoms with Gasteiger partial charge in [-0.1, -0.05) is 27.7 Å². The predicted octanol–water partition coefficient (Wildman–Crippen LogP) is 1.85. The minimum absolute atomic E-state index is 0.0350. The molecule has 3 N–H and O–H groups in total. The molecule has 0 fully saturated rings. The Balaban J connectivity index is 4.75. The van der Waals surface area contributed by atoms with E-state index in [4.69, 9.17) is 5.73 Å². The summed E-state index contributed by atoms with van der Waals surface area (Å²) in [6, 6.07) is 0. The van der Waals surface area contributed by atoms with Gasteiger partial charge in [0.2, 0.25) is 5.91 Å². The van der Waals surface area contributed by atoms with E-state index in [1.165, 1.54) is 6.08 Å². The monoisotopic (exact) mass is 316 g/mol. The van der Waals surface area contributed by atoms with Crippen LogP contribution in [0, 0.1) is 5.41 Å². The SMILES string of the molecule is CCCS(=O)C(C)(C)C(=O)NC(=O)C=C(N)CC(C)(C)C. The Kier molecular flexibility index (Phi) is 7.30. The van der Waals surface area contributed by atoms with Gasteiger partial charge in [0, 0.05) is 28.3 Å². The zero-order valence-corrected chi connectivity index (χ0v) is 14.7. The van der Waals surface area contributed by atoms with E-state index in [-0.39, 0.29) is 5.41 Å². The molecule has 122 valence electrons. The van der Waals surface area contributed by atoms with Crippen LogP contribution in [0.15, 0.2) is 11.8 Å². The van der Waals surface area contributed by atoms with E-state index < -0.39 is 27.4 Å². The molecule has 0 aromatic rings. The van der Waals surface area contributed by atoms with E-state index in [1.807, 2.05) is 27.7 Å². The van der Waals surface area contributed by atoms with Gasteiger partial charge in [-0.05, 0) is 32.1 Å². The van der Waals surface area contributed by atoms with Crippen LogP contribution in [0.25, 0.3) is 0 Å². The first-order valence-electron chi connectivity index (χ1n) is 7.10. The maximum atomic E-state index is 12.1. The molecule has 0 spiro atoms. The van der Waals surface area contributed by atoms with Gasteiger partial charge in [-0.15, -0.1) is 0 Å². The second-order valence-electron chi connectivity index (χ2n) is 6.84. The van der Waals surface area contributed by atoms with Gasteiger partial charge in [0.05, 0.1) is 0 Å². The van der Waals surface area contributed by atoms with Crippen molar-refractivity contribution in [2.45, 2.75) is 59.1 Å². The van der Waals surface area contributed by atoms with Gasteiger partial charge in [0.1, 0.15) is 4.75 Å². The molecule has 2 amide bonds. The first-order valence-corrected chi connectivity index (χ1v) is 8.42. The van der Waals surface area contributed by atoms with Gasteiger partial charge in [0.25, 0.3) is 5.91 Å². The van der Waals surface area contributed by atoms with Gasteiger partial charge in [-0.25, -0.2) is 0 Å². The number of rotatable bonds is 6. The number of allylic oxidation sites excluding steroid dienone is 1. The number of carbonyl (C=O) groups excluding carboxylic acids is 2. The molecule has 1 unspecified atom stereocenters. The fourth-order valence-corrected chi connectivity index (χ4v) is 2.81. The van der Waals surface area contributed by atoms with Crippen LogP contribution in [0.2, 0.25) is 0 Å². The Morgan fingerprint density at radius 1 is 1.19 bits per heavy atom. The number of nitrogens with one attached hydrogen (secondary N) is 1. The molecular formula is C15H28N2O3S. The van der Waals surface area contributed by atoms with Gasteiger partial charge in [-0.2, -0.15) is 0 Å². The number of imide groups is 1. The van der Waals surface area contributed by atoms with E-state index in [2.05, 4.69) is 5.32 Å². The Hall–Kier alpha value is -1.17. The van der Waals surface area contributed by atoms with Crippen molar-refractivity contribution in [3.05, 3.63) is 11.8 Å². The topological polar surface area (TPSA) is 89.3 Å². The third-order valence-corrected chi connectivity index (χ3v) is 4.90. The predicted molar refractivity (Wildman–Crippen MR) is 86.9 cm³/mol. The summed E-state index contributed by atoms with van der Waals surface area (Å²) in [5, 5.41) is 2.25. The van der Waals surface area contributed by atoms with Crippen molar-refractivity contribution in [1.29, 1.82) is 0 Å². The standard InChI is InChI=1S/C15H28N2O3S/c1-7-8-21(20)15(5,6)13(19)17-12(18)9-11(16)10-14(2,3)4/h9H,7-8,10,16H2,1-6H3,(H,17,18,19). The highest BCUT2D eigenvalue weighted by atomic mass is 32.2. The third-order valence-electron chi connectivity index (χ3n) is 2.79. The summed E-state index contributed by atoms with van der Waals surface area (Å²) in [7, 11) is -1.32. The Morgan fingerprint density at radius 2 is 1.71 bits per heavy atom. The molecule has 1 atom stereocenters. The van der Waals surface area contributed by atoms with Crippen LogP contribution in [0.3, 0.4) is 0 Å². The minimum Gasteiger partial charge on any atom is -0.402 e. The van der Waals surface area contributed by atoms with Gasteiger partial charge >= 0.3 is 0 Å². The molecule has 0 bridgehead atoms. The van der Waals surface area contributed by atoms with Crippen LogP contribution in [-0.4, -0.2) is 26.5 Å². The third kappa shape index (κ3) is 7.41. The fourth-order valence-electron chi connectivity index (χ4n) is 1.67. The molecule has 0 aromatic heterocycles. The van der Waals surface area contributed by atoms with Crippen molar-refractivity contribution in [1.82, 2.24) is 5.32 Å². The van der Waals surface area contributed by atoms with Crippen molar-refractivity contribution < 1.29 is 13.8 Å². The quantitative estimate of drug-likeness (QED) is 0.732. The first-order chi connectivity index (χ1) is 9.40. The lowest BCUT2D eigenvalue weighted by Crippen LogP contribution is -2.48. The molecule has 5 nitrogen and oxygen atoms in total. The van der Waals surface area contributed by atoms with Gasteiger partial charge in [0.15, 0.2) is 0 Å². The molecule has 0 aliphatic heterocycles. The molecule has 0 aliphatic carbocycles. The Morgan fingerprint density at radius 3 is 2.14 bits per heavy atom. The second-order valence-corrected chi connectivity index (χ2v) is 8.95. The fraction of sp³-hybridized carbons (Fsp3) is 0.733. The van der Waals surface area contributed by atoms with Crippen LogP contribution in [-0.2, 0) is 20.4 Å². The number of hydrogen-bond donors (Lipinski definition) is 2. The molecule has 0 aliphatic rings. The average Bonchev–Trinajstić information content (AvgIpc) is 2.25. The Bertz CT molecular complexity index is 448. The van der Waals surface area contributed by atoms with E-state index in [9.17, 15) is 13.8 Å². The van der Waals surface area contributed by atoms with E-state index in [0.717, 1.165) is 6.42 Å². The maximum Gasteiger partial charge on any atom is 0.252 e. The summed E-state index contributed by atoms with van der Waals surface area (Å²) in [5.74, 6) is -0.682. The average molecular weight is 316 g/mol. The summed E-state index contributed by atoms with van der Waals surface area (Å²) in [4.78, 5) is 23.9. The molecular weight excluding hydrogens is 288 g/mol. The molecule has 21 heavy (non-hydrogen) atoms. The van der Waals surface area contributed by atoms with E-state index in [0.29, 0.717) is 17.9 Å². The lowest BCUT2D eigenvalue weighted by Gasteiger charge is -2.22. The van der Waals surface area contributed by atoms with Crippen molar-refractivity contribution in [3.8, 4) is 0 Å². The molecule has 0 radical (unpaired) electrons. The number of carbonyl (C=O) groups is 2. The zero-order chi connectivity index (χ0) is 16.8. The molecule has 0 saturated carbocycles. The van der Waals surface area contributed by atoms with Crippen LogP contribution in [0.5, 0.6) is 0 Å². The van der Waals surface area contributed by atoms with Crippen LogP contribution >= 0.6 is 0 Å². The largest absolute Gasteiger partial charge is 0.402 e. The number of hydrogen-bond acceptors (Lipinski definition) is 4. The lowest BCUT2D eigenvalue weighted by molar-refractivity contribution is -0.129. The lowest BCUT2D eigenvalue weighted by atomic mass is 9.90. The van der Waals surface area contributed by atoms with E-state index in [1.54, 1.807) is 13.8 Å². The smallest absolute Gasteiger partial charge is 0.252 e. The second kappa shape index (κ2) is 7.73. The maximum absolute atomic E-state index is 12.1. The summed E-state index contributed by atoms with van der Waals surface area (Å²) in [6.07, 6.45) is 2.50. The number of amides is 2. The summed E-state index contributed by atoms with van der Waals surface area (Å²) >= 11 is 0. The van der Waals surface area contributed by atoms with E-state index >= 15 is 0 Å². The van der Waals surface area contributed by atoms with Gasteiger partial charge < -0.3 is 5.73 Å². The zero-order valence-electron chi connectivity index (χ0n) is 13.9. The summed E-state index contributed by atoms with van der Waals surface area (Å²) in [5.41, 5.74) is 6.16. The summed E-state index contributed by atoms with van der Waals surface area (Å²) < 4.78 is 10.9. The van der Waals surface area contributed by atoms with Gasteiger partial charge in [-0.3, -0.25) is 19.1 Å². The van der Waals surface area contributed by atoms with Crippen LogP contribution in [0.1, 0.15) is 54.4 Å². The highest BCUT2D eigenvalue weighted by Gasteiger charge is 2.34. The first kappa shape index (κ1) is 19.8. The molecule has 0 saturated heterocycles. The minimum atomic E-state index is -1.32. The van der Waals surface area contributed by atoms with Crippen LogP contribution < -0.4 is 11.1 Å². The van der Waals surface area contributed by atoms with Crippen molar-refractivity contribution >= 4 is 22.6 Å². The van der Waals surface area contributed by atoms with Crippen LogP contribution in [0.4, 0.5) is 0 Å². The Labute approximate surface area is 130 Å². The highest BCUT2D eigenvalue weighted by Crippen LogP contribution is 2.21. The van der Waals surface area contributed by atoms with Crippen molar-refractivity contribution in [2.24, 2.45) is 11.1 Å². The molecule has 0 aromatic carbocycles. The van der Waals surface area contributed by atoms with Crippen molar-refractivity contribution in [2.75, 3.05) is 5.75 Å². The van der Waals surface area contributed by atoms with Crippen molar-refractivity contribution in [3.63, 3.8) is 0 Å². The normalized spacial score (nSPS) is 14.7. The number of nitrogens with two attached hydrogens (primary N) is 1. The molecule has 0 heterocycles. The highest BCUT2D eigenvalue weighted by molar-refractivity contribution is 7.87.